The Labute approximate surface area is 241 Å². The summed E-state index contributed by atoms with van der Waals surface area (Å²) >= 11 is 0. The Balaban J connectivity index is 1.15. The van der Waals surface area contributed by atoms with Crippen molar-refractivity contribution in [2.24, 2.45) is 17.8 Å². The fourth-order valence-corrected chi connectivity index (χ4v) is 7.09. The molecule has 6 nitrogen and oxygen atoms in total. The number of hydrogen-bond acceptors (Lipinski definition) is 5. The van der Waals surface area contributed by atoms with Crippen LogP contribution in [0.5, 0.6) is 0 Å². The minimum atomic E-state index is -4.44. The van der Waals surface area contributed by atoms with Crippen LogP contribution in [0.15, 0.2) is 36.5 Å². The summed E-state index contributed by atoms with van der Waals surface area (Å²) in [6, 6.07) is 9.22. The third-order valence-corrected chi connectivity index (χ3v) is 9.66. The Kier molecular flexibility index (Phi) is 9.64. The number of aryl methyl sites for hydroxylation is 2. The van der Waals surface area contributed by atoms with E-state index in [0.29, 0.717) is 30.1 Å². The first-order valence-corrected chi connectivity index (χ1v) is 15.3. The second-order valence-electron chi connectivity index (χ2n) is 12.6. The van der Waals surface area contributed by atoms with Crippen LogP contribution in [-0.2, 0) is 17.4 Å². The number of likely N-dealkylation sites (tertiary alicyclic amines) is 2. The van der Waals surface area contributed by atoms with Crippen molar-refractivity contribution >= 4 is 5.97 Å². The maximum atomic E-state index is 12.9. The highest BCUT2D eigenvalue weighted by Crippen LogP contribution is 2.39. The maximum Gasteiger partial charge on any atom is 0.433 e. The van der Waals surface area contributed by atoms with Crippen LogP contribution in [-0.4, -0.2) is 69.6 Å². The zero-order valence-electron chi connectivity index (χ0n) is 24.0. The van der Waals surface area contributed by atoms with Crippen LogP contribution in [0.25, 0.3) is 0 Å². The SMILES string of the molecule is Cc1cccc([C@H]2CN([C@H](CC3CCC3)C(=O)O)C[C@@H]2CN2CCC(CCCc3nccc(C(F)(F)F)n3)CC2)c1. The molecule has 5 rings (SSSR count). The van der Waals surface area contributed by atoms with E-state index in [2.05, 4.69) is 51.0 Å². The predicted molar refractivity (Wildman–Crippen MR) is 152 cm³/mol. The van der Waals surface area contributed by atoms with E-state index in [1.165, 1.54) is 23.7 Å². The van der Waals surface area contributed by atoms with Crippen LogP contribution in [0.2, 0.25) is 0 Å². The molecule has 2 aromatic rings. The van der Waals surface area contributed by atoms with E-state index in [9.17, 15) is 23.1 Å². The molecule has 1 saturated carbocycles. The molecule has 41 heavy (non-hydrogen) atoms. The van der Waals surface area contributed by atoms with Gasteiger partial charge < -0.3 is 10.0 Å². The molecule has 224 valence electrons. The molecule has 3 aliphatic rings. The summed E-state index contributed by atoms with van der Waals surface area (Å²) in [5.41, 5.74) is 1.68. The van der Waals surface area contributed by atoms with Gasteiger partial charge in [-0.3, -0.25) is 9.69 Å². The van der Waals surface area contributed by atoms with Crippen molar-refractivity contribution in [2.45, 2.75) is 82.8 Å². The lowest BCUT2D eigenvalue weighted by molar-refractivity contribution is -0.144. The molecule has 0 unspecified atom stereocenters. The second kappa shape index (κ2) is 13.2. The zero-order chi connectivity index (χ0) is 29.0. The Morgan fingerprint density at radius 3 is 2.54 bits per heavy atom. The zero-order valence-corrected chi connectivity index (χ0v) is 24.0. The molecule has 0 bridgehead atoms. The molecule has 2 saturated heterocycles. The second-order valence-corrected chi connectivity index (χ2v) is 12.6. The van der Waals surface area contributed by atoms with Crippen LogP contribution in [0.4, 0.5) is 13.2 Å². The number of piperidine rings is 1. The number of aliphatic carboxylic acids is 1. The third-order valence-electron chi connectivity index (χ3n) is 9.66. The largest absolute Gasteiger partial charge is 0.480 e. The number of carboxylic acid groups (broad SMARTS) is 1. The minimum Gasteiger partial charge on any atom is -0.480 e. The number of alkyl halides is 3. The summed E-state index contributed by atoms with van der Waals surface area (Å²) in [5, 5.41) is 10.1. The number of benzene rings is 1. The number of aromatic nitrogens is 2. The average molecular weight is 573 g/mol. The standard InChI is InChI=1S/C32H43F3N4O2/c1-22-5-2-9-25(17-22)27-21-39(28(31(40)41)18-24-7-3-8-24)20-26(27)19-38-15-12-23(13-16-38)6-4-10-30-36-14-11-29(37-30)32(33,34)35/h2,5,9,11,14,17,23-24,26-28H,3-4,6-8,10,12-13,15-16,18-21H2,1H3,(H,40,41)/t26-,27+,28+/m0/s1. The molecule has 1 aliphatic carbocycles. The Morgan fingerprint density at radius 1 is 1.10 bits per heavy atom. The van der Waals surface area contributed by atoms with E-state index < -0.39 is 23.9 Å². The van der Waals surface area contributed by atoms with Crippen LogP contribution >= 0.6 is 0 Å². The molecule has 2 aliphatic heterocycles. The van der Waals surface area contributed by atoms with Crippen LogP contribution < -0.4 is 0 Å². The highest BCUT2D eigenvalue weighted by molar-refractivity contribution is 5.73. The predicted octanol–water partition coefficient (Wildman–Crippen LogP) is 6.20. The summed E-state index contributed by atoms with van der Waals surface area (Å²) in [6.45, 7) is 6.71. The van der Waals surface area contributed by atoms with Crippen LogP contribution in [0, 0.1) is 24.7 Å². The summed E-state index contributed by atoms with van der Waals surface area (Å²) in [5.74, 6) is 1.40. The van der Waals surface area contributed by atoms with Crippen molar-refractivity contribution in [3.05, 3.63) is 59.2 Å². The van der Waals surface area contributed by atoms with Gasteiger partial charge in [-0.2, -0.15) is 13.2 Å². The van der Waals surface area contributed by atoms with E-state index in [0.717, 1.165) is 83.7 Å². The topological polar surface area (TPSA) is 69.6 Å². The quantitative estimate of drug-likeness (QED) is 0.346. The lowest BCUT2D eigenvalue weighted by atomic mass is 9.80. The van der Waals surface area contributed by atoms with Crippen LogP contribution in [0.3, 0.4) is 0 Å². The molecule has 0 spiro atoms. The molecule has 0 radical (unpaired) electrons. The van der Waals surface area contributed by atoms with Crippen LogP contribution in [0.1, 0.15) is 79.9 Å². The first-order valence-electron chi connectivity index (χ1n) is 15.3. The molecule has 0 amide bonds. The lowest BCUT2D eigenvalue weighted by Crippen LogP contribution is -2.43. The normalized spacial score (nSPS) is 23.9. The Bertz CT molecular complexity index is 1160. The van der Waals surface area contributed by atoms with Gasteiger partial charge in [0.2, 0.25) is 0 Å². The van der Waals surface area contributed by atoms with Gasteiger partial charge in [-0.1, -0.05) is 49.1 Å². The summed E-state index contributed by atoms with van der Waals surface area (Å²) in [7, 11) is 0. The van der Waals surface area contributed by atoms with Gasteiger partial charge in [0.25, 0.3) is 0 Å². The first-order chi connectivity index (χ1) is 19.7. The summed E-state index contributed by atoms with van der Waals surface area (Å²) < 4.78 is 38.8. The van der Waals surface area contributed by atoms with Crippen molar-refractivity contribution in [3.8, 4) is 0 Å². The highest BCUT2D eigenvalue weighted by Gasteiger charge is 2.41. The highest BCUT2D eigenvalue weighted by atomic mass is 19.4. The monoisotopic (exact) mass is 572 g/mol. The smallest absolute Gasteiger partial charge is 0.433 e. The molecular formula is C32H43F3N4O2. The van der Waals surface area contributed by atoms with E-state index in [1.807, 2.05) is 0 Å². The molecule has 3 atom stereocenters. The van der Waals surface area contributed by atoms with Gasteiger partial charge in [-0.05, 0) is 81.5 Å². The van der Waals surface area contributed by atoms with E-state index in [4.69, 9.17) is 0 Å². The van der Waals surface area contributed by atoms with E-state index in [1.54, 1.807) is 0 Å². The van der Waals surface area contributed by atoms with Gasteiger partial charge in [0.1, 0.15) is 17.6 Å². The molecule has 3 fully saturated rings. The number of halogens is 3. The minimum absolute atomic E-state index is 0.266. The molecule has 1 aromatic carbocycles. The van der Waals surface area contributed by atoms with Crippen molar-refractivity contribution in [3.63, 3.8) is 0 Å². The number of hydrogen-bond donors (Lipinski definition) is 1. The van der Waals surface area contributed by atoms with Crippen molar-refractivity contribution in [1.82, 2.24) is 19.8 Å². The first kappa shape index (κ1) is 30.0. The van der Waals surface area contributed by atoms with E-state index >= 15 is 0 Å². The maximum absolute atomic E-state index is 12.9. The fraction of sp³-hybridized carbons (Fsp3) is 0.656. The average Bonchev–Trinajstić information content (AvgIpc) is 3.31. The number of nitrogens with zero attached hydrogens (tertiary/aromatic N) is 4. The molecule has 3 heterocycles. The van der Waals surface area contributed by atoms with Gasteiger partial charge in [0, 0.05) is 38.2 Å². The van der Waals surface area contributed by atoms with Gasteiger partial charge in [-0.25, -0.2) is 9.97 Å². The number of carbonyl (C=O) groups is 1. The Morgan fingerprint density at radius 2 is 1.88 bits per heavy atom. The fourth-order valence-electron chi connectivity index (χ4n) is 7.09. The van der Waals surface area contributed by atoms with Crippen molar-refractivity contribution in [2.75, 3.05) is 32.7 Å². The number of rotatable bonds is 11. The van der Waals surface area contributed by atoms with Crippen molar-refractivity contribution in [1.29, 1.82) is 0 Å². The Hall–Kier alpha value is -2.52. The number of carboxylic acids is 1. The molecule has 1 N–H and O–H groups in total. The van der Waals surface area contributed by atoms with Gasteiger partial charge in [-0.15, -0.1) is 0 Å². The third kappa shape index (κ3) is 7.86. The van der Waals surface area contributed by atoms with Crippen molar-refractivity contribution < 1.29 is 23.1 Å². The summed E-state index contributed by atoms with van der Waals surface area (Å²) in [6.07, 6.45) is 5.44. The molecule has 1 aromatic heterocycles. The lowest BCUT2D eigenvalue weighted by Gasteiger charge is -2.35. The molecular weight excluding hydrogens is 529 g/mol. The van der Waals surface area contributed by atoms with E-state index in [-0.39, 0.29) is 5.82 Å². The molecule has 9 heteroatoms. The van der Waals surface area contributed by atoms with Gasteiger partial charge in [0.05, 0.1) is 0 Å². The summed E-state index contributed by atoms with van der Waals surface area (Å²) in [4.78, 5) is 24.9. The van der Waals surface area contributed by atoms with Gasteiger partial charge >= 0.3 is 12.1 Å². The van der Waals surface area contributed by atoms with Gasteiger partial charge in [0.15, 0.2) is 0 Å².